The fourth-order valence-corrected chi connectivity index (χ4v) is 2.11. The van der Waals surface area contributed by atoms with Crippen LogP contribution in [0.2, 0.25) is 0 Å². The quantitative estimate of drug-likeness (QED) is 0.776. The van der Waals surface area contributed by atoms with E-state index < -0.39 is 0 Å². The van der Waals surface area contributed by atoms with Crippen LogP contribution in [0.3, 0.4) is 0 Å². The third-order valence-electron chi connectivity index (χ3n) is 3.06. The first-order valence-electron chi connectivity index (χ1n) is 6.07. The molecule has 0 fully saturated rings. The number of nitrogens with two attached hydrogens (primary N) is 1. The van der Waals surface area contributed by atoms with E-state index in [9.17, 15) is 0 Å². The Balaban J connectivity index is 0.000001000. The van der Waals surface area contributed by atoms with Gasteiger partial charge < -0.3 is 10.7 Å². The second-order valence-corrected chi connectivity index (χ2v) is 4.44. The molecule has 0 aliphatic rings. The minimum Gasteiger partial charge on any atom is -0.341 e. The summed E-state index contributed by atoms with van der Waals surface area (Å²) in [5.74, 6) is 0.847. The van der Waals surface area contributed by atoms with Crippen molar-refractivity contribution in [2.75, 3.05) is 0 Å². The fraction of sp³-hybridized carbons (Fsp3) is 0.133. The van der Waals surface area contributed by atoms with Crippen LogP contribution >= 0.6 is 24.8 Å². The monoisotopic (exact) mass is 309 g/mol. The number of imidazole rings is 1. The molecule has 0 aliphatic heterocycles. The minimum absolute atomic E-state index is 0. The van der Waals surface area contributed by atoms with Crippen molar-refractivity contribution >= 4 is 35.8 Å². The molecule has 0 bridgehead atoms. The summed E-state index contributed by atoms with van der Waals surface area (Å²) in [6.07, 6.45) is 0.792. The van der Waals surface area contributed by atoms with Crippen LogP contribution in [0, 0.1) is 0 Å². The summed E-state index contributed by atoms with van der Waals surface area (Å²) in [6, 6.07) is 18.1. The average molecular weight is 310 g/mol. The Kier molecular flexibility index (Phi) is 6.02. The van der Waals surface area contributed by atoms with Crippen molar-refractivity contribution in [1.82, 2.24) is 9.97 Å². The molecular formula is C15H17Cl2N3. The van der Waals surface area contributed by atoms with E-state index in [1.165, 1.54) is 5.56 Å². The van der Waals surface area contributed by atoms with Crippen molar-refractivity contribution in [3.05, 3.63) is 66.0 Å². The largest absolute Gasteiger partial charge is 0.341 e. The summed E-state index contributed by atoms with van der Waals surface area (Å²) in [6.45, 7) is 0. The summed E-state index contributed by atoms with van der Waals surface area (Å²) >= 11 is 0. The zero-order chi connectivity index (χ0) is 12.4. The summed E-state index contributed by atoms with van der Waals surface area (Å²) in [7, 11) is 0. The topological polar surface area (TPSA) is 54.7 Å². The smallest absolute Gasteiger partial charge is 0.124 e. The number of fused-ring (bicyclic) bond motifs is 1. The molecule has 106 valence electrons. The lowest BCUT2D eigenvalue weighted by Gasteiger charge is -2.08. The van der Waals surface area contributed by atoms with Gasteiger partial charge in [0.1, 0.15) is 5.82 Å². The van der Waals surface area contributed by atoms with Crippen LogP contribution in [0.25, 0.3) is 11.0 Å². The van der Waals surface area contributed by atoms with Gasteiger partial charge in [0, 0.05) is 0 Å². The molecule has 3 nitrogen and oxygen atoms in total. The summed E-state index contributed by atoms with van der Waals surface area (Å²) < 4.78 is 0. The average Bonchev–Trinajstić information content (AvgIpc) is 2.84. The standard InChI is InChI=1S/C15H15N3.2ClH/c16-12(10-11-6-2-1-3-7-11)15-17-13-8-4-5-9-14(13)18-15;;/h1-9,12H,10,16H2,(H,17,18);2*1H. The predicted molar refractivity (Wildman–Crippen MR) is 87.7 cm³/mol. The molecule has 0 amide bonds. The number of H-pyrrole nitrogens is 1. The highest BCUT2D eigenvalue weighted by atomic mass is 35.5. The van der Waals surface area contributed by atoms with Crippen LogP contribution in [0.5, 0.6) is 0 Å². The van der Waals surface area contributed by atoms with Gasteiger partial charge in [-0.2, -0.15) is 0 Å². The molecule has 2 aromatic carbocycles. The highest BCUT2D eigenvalue weighted by Crippen LogP contribution is 2.17. The molecule has 1 aromatic heterocycles. The van der Waals surface area contributed by atoms with Gasteiger partial charge in [-0.05, 0) is 24.1 Å². The number of aromatic amines is 1. The maximum absolute atomic E-state index is 6.20. The third-order valence-corrected chi connectivity index (χ3v) is 3.06. The SMILES string of the molecule is Cl.Cl.NC(Cc1ccccc1)c1nc2ccccc2[nH]1. The Morgan fingerprint density at radius 2 is 1.60 bits per heavy atom. The Labute approximate surface area is 130 Å². The normalized spacial score (nSPS) is 11.4. The van der Waals surface area contributed by atoms with Gasteiger partial charge >= 0.3 is 0 Å². The van der Waals surface area contributed by atoms with E-state index in [-0.39, 0.29) is 30.9 Å². The van der Waals surface area contributed by atoms with Crippen molar-refractivity contribution < 1.29 is 0 Å². The first-order valence-corrected chi connectivity index (χ1v) is 6.07. The first kappa shape index (κ1) is 16.5. The van der Waals surface area contributed by atoms with Crippen molar-refractivity contribution in [2.45, 2.75) is 12.5 Å². The van der Waals surface area contributed by atoms with E-state index in [2.05, 4.69) is 22.1 Å². The number of hydrogen-bond donors (Lipinski definition) is 2. The van der Waals surface area contributed by atoms with Gasteiger partial charge in [-0.15, -0.1) is 24.8 Å². The Hall–Kier alpha value is -1.55. The van der Waals surface area contributed by atoms with Crippen molar-refractivity contribution in [3.8, 4) is 0 Å². The number of hydrogen-bond acceptors (Lipinski definition) is 2. The molecule has 20 heavy (non-hydrogen) atoms. The highest BCUT2D eigenvalue weighted by Gasteiger charge is 2.11. The maximum Gasteiger partial charge on any atom is 0.124 e. The van der Waals surface area contributed by atoms with Crippen molar-refractivity contribution in [1.29, 1.82) is 0 Å². The van der Waals surface area contributed by atoms with Crippen LogP contribution < -0.4 is 5.73 Å². The minimum atomic E-state index is -0.0974. The van der Waals surface area contributed by atoms with Gasteiger partial charge in [0.05, 0.1) is 17.1 Å². The number of rotatable bonds is 3. The molecule has 0 aliphatic carbocycles. The zero-order valence-electron chi connectivity index (χ0n) is 10.8. The molecule has 3 rings (SSSR count). The maximum atomic E-state index is 6.20. The second-order valence-electron chi connectivity index (χ2n) is 4.44. The van der Waals surface area contributed by atoms with Gasteiger partial charge in [0.2, 0.25) is 0 Å². The van der Waals surface area contributed by atoms with Gasteiger partial charge in [-0.3, -0.25) is 0 Å². The molecule has 1 heterocycles. The molecule has 0 saturated heterocycles. The highest BCUT2D eigenvalue weighted by molar-refractivity contribution is 5.85. The number of aromatic nitrogens is 2. The molecule has 1 unspecified atom stereocenters. The molecule has 5 heteroatoms. The molecule has 3 aromatic rings. The van der Waals surface area contributed by atoms with Crippen LogP contribution in [0.1, 0.15) is 17.4 Å². The number of para-hydroxylation sites is 2. The predicted octanol–water partition coefficient (Wildman–Crippen LogP) is 3.65. The summed E-state index contributed by atoms with van der Waals surface area (Å²) in [5, 5.41) is 0. The van der Waals surface area contributed by atoms with Crippen molar-refractivity contribution in [3.63, 3.8) is 0 Å². The number of nitrogens with zero attached hydrogens (tertiary/aromatic N) is 1. The van der Waals surface area contributed by atoms with E-state index in [1.807, 2.05) is 42.5 Å². The van der Waals surface area contributed by atoms with Crippen LogP contribution in [-0.2, 0) is 6.42 Å². The van der Waals surface area contributed by atoms with Gasteiger partial charge in [0.15, 0.2) is 0 Å². The summed E-state index contributed by atoms with van der Waals surface area (Å²) in [4.78, 5) is 7.81. The van der Waals surface area contributed by atoms with E-state index >= 15 is 0 Å². The zero-order valence-corrected chi connectivity index (χ0v) is 12.5. The van der Waals surface area contributed by atoms with Gasteiger partial charge in [-0.1, -0.05) is 42.5 Å². The Bertz CT molecular complexity index is 619. The van der Waals surface area contributed by atoms with Crippen LogP contribution in [0.4, 0.5) is 0 Å². The van der Waals surface area contributed by atoms with Gasteiger partial charge in [0.25, 0.3) is 0 Å². The molecular weight excluding hydrogens is 293 g/mol. The molecule has 0 radical (unpaired) electrons. The second kappa shape index (κ2) is 7.29. The number of halogens is 2. The lowest BCUT2D eigenvalue weighted by atomic mass is 10.1. The Morgan fingerprint density at radius 1 is 0.950 bits per heavy atom. The molecule has 0 spiro atoms. The lowest BCUT2D eigenvalue weighted by molar-refractivity contribution is 0.680. The van der Waals surface area contributed by atoms with Crippen molar-refractivity contribution in [2.24, 2.45) is 5.73 Å². The molecule has 3 N–H and O–H groups in total. The Morgan fingerprint density at radius 3 is 2.30 bits per heavy atom. The summed E-state index contributed by atoms with van der Waals surface area (Å²) in [5.41, 5.74) is 9.43. The first-order chi connectivity index (χ1) is 8.83. The number of benzene rings is 2. The lowest BCUT2D eigenvalue weighted by Crippen LogP contribution is -2.14. The number of nitrogens with one attached hydrogen (secondary N) is 1. The molecule has 0 saturated carbocycles. The van der Waals surface area contributed by atoms with E-state index in [4.69, 9.17) is 5.73 Å². The van der Waals surface area contributed by atoms with E-state index in [0.717, 1.165) is 23.3 Å². The fourth-order valence-electron chi connectivity index (χ4n) is 2.11. The van der Waals surface area contributed by atoms with Crippen LogP contribution in [-0.4, -0.2) is 9.97 Å². The third kappa shape index (κ3) is 3.51. The van der Waals surface area contributed by atoms with Gasteiger partial charge in [-0.25, -0.2) is 4.98 Å². The van der Waals surface area contributed by atoms with E-state index in [1.54, 1.807) is 0 Å². The van der Waals surface area contributed by atoms with E-state index in [0.29, 0.717) is 0 Å². The van der Waals surface area contributed by atoms with Crippen LogP contribution in [0.15, 0.2) is 54.6 Å². The molecule has 1 atom stereocenters.